The fourth-order valence-electron chi connectivity index (χ4n) is 7.67. The van der Waals surface area contributed by atoms with Crippen LogP contribution in [0.2, 0.25) is 0 Å². The Hall–Kier alpha value is -6.88. The molecule has 0 unspecified atom stereocenters. The van der Waals surface area contributed by atoms with Crippen LogP contribution in [0.15, 0.2) is 146 Å². The van der Waals surface area contributed by atoms with Crippen molar-refractivity contribution in [1.82, 2.24) is 0 Å². The quantitative estimate of drug-likeness (QED) is 0.165. The van der Waals surface area contributed by atoms with Gasteiger partial charge in [0.15, 0.2) is 0 Å². The van der Waals surface area contributed by atoms with Gasteiger partial charge in [-0.05, 0) is 156 Å². The fraction of sp³-hybridized carbons (Fsp3) is 0.0833. The van der Waals surface area contributed by atoms with Crippen molar-refractivity contribution in [2.24, 2.45) is 0 Å². The maximum Gasteiger partial charge on any atom is 0.0991 e. The van der Waals surface area contributed by atoms with Gasteiger partial charge in [0.25, 0.3) is 0 Å². The molecule has 0 aliphatic heterocycles. The molecule has 0 N–H and O–H groups in total. The van der Waals surface area contributed by atoms with Gasteiger partial charge in [-0.1, -0.05) is 60.7 Å². The molecule has 0 amide bonds. The Kier molecular flexibility index (Phi) is 8.15. The normalized spacial score (nSPS) is 11.0. The number of aryl methyl sites for hydroxylation is 4. The third-order valence-corrected chi connectivity index (χ3v) is 9.76. The molecule has 8 rings (SSSR count). The van der Waals surface area contributed by atoms with Crippen molar-refractivity contribution in [3.8, 4) is 12.1 Å². The van der Waals surface area contributed by atoms with Crippen molar-refractivity contribution in [3.05, 3.63) is 179 Å². The van der Waals surface area contributed by atoms with Crippen LogP contribution in [-0.4, -0.2) is 0 Å². The van der Waals surface area contributed by atoms with Crippen molar-refractivity contribution in [1.29, 1.82) is 10.5 Å². The predicted octanol–water partition coefficient (Wildman–Crippen LogP) is 13.1. The van der Waals surface area contributed by atoms with E-state index in [0.717, 1.165) is 66.4 Å². The van der Waals surface area contributed by atoms with Gasteiger partial charge < -0.3 is 9.80 Å². The van der Waals surface area contributed by atoms with Crippen LogP contribution in [0.3, 0.4) is 0 Å². The minimum absolute atomic E-state index is 0.627. The third kappa shape index (κ3) is 5.77. The van der Waals surface area contributed by atoms with E-state index in [1.54, 1.807) is 0 Å². The lowest BCUT2D eigenvalue weighted by atomic mass is 9.93. The number of benzene rings is 8. The summed E-state index contributed by atoms with van der Waals surface area (Å²) in [5, 5.41) is 26.1. The number of hydrogen-bond acceptors (Lipinski definition) is 4. The zero-order chi connectivity index (χ0) is 35.9. The molecular formula is C48H36N4. The van der Waals surface area contributed by atoms with Crippen molar-refractivity contribution in [2.45, 2.75) is 27.7 Å². The number of rotatable bonds is 6. The molecule has 0 spiro atoms. The summed E-state index contributed by atoms with van der Waals surface area (Å²) in [6.07, 6.45) is 0. The molecule has 0 atom stereocenters. The van der Waals surface area contributed by atoms with Crippen molar-refractivity contribution >= 4 is 66.4 Å². The summed E-state index contributed by atoms with van der Waals surface area (Å²) in [5.41, 5.74) is 12.2. The van der Waals surface area contributed by atoms with E-state index in [2.05, 4.69) is 147 Å². The first-order valence-corrected chi connectivity index (χ1v) is 17.5. The van der Waals surface area contributed by atoms with Crippen LogP contribution in [0.1, 0.15) is 33.4 Å². The Morgan fingerprint density at radius 3 is 1.00 bits per heavy atom. The minimum atomic E-state index is 0.627. The molecule has 0 saturated heterocycles. The van der Waals surface area contributed by atoms with E-state index in [0.29, 0.717) is 11.1 Å². The molecule has 0 saturated carbocycles. The average molecular weight is 669 g/mol. The van der Waals surface area contributed by atoms with E-state index in [9.17, 15) is 10.5 Å². The van der Waals surface area contributed by atoms with E-state index in [4.69, 9.17) is 0 Å². The van der Waals surface area contributed by atoms with E-state index < -0.39 is 0 Å². The maximum absolute atomic E-state index is 9.61. The highest BCUT2D eigenvalue weighted by molar-refractivity contribution is 6.24. The van der Waals surface area contributed by atoms with Crippen LogP contribution < -0.4 is 9.80 Å². The van der Waals surface area contributed by atoms with E-state index >= 15 is 0 Å². The zero-order valence-corrected chi connectivity index (χ0v) is 29.6. The van der Waals surface area contributed by atoms with Gasteiger partial charge in [0.05, 0.1) is 34.6 Å². The monoisotopic (exact) mass is 668 g/mol. The van der Waals surface area contributed by atoms with Crippen LogP contribution in [0, 0.1) is 50.4 Å². The summed E-state index contributed by atoms with van der Waals surface area (Å²) in [7, 11) is 0. The molecule has 4 heteroatoms. The van der Waals surface area contributed by atoms with Crippen LogP contribution in [-0.2, 0) is 0 Å². The lowest BCUT2D eigenvalue weighted by Crippen LogP contribution is -2.12. The maximum atomic E-state index is 9.61. The van der Waals surface area contributed by atoms with Crippen LogP contribution in [0.25, 0.3) is 32.3 Å². The van der Waals surface area contributed by atoms with E-state index in [1.165, 1.54) is 22.3 Å². The second kappa shape index (κ2) is 13.1. The second-order valence-electron chi connectivity index (χ2n) is 13.7. The summed E-state index contributed by atoms with van der Waals surface area (Å²) >= 11 is 0. The van der Waals surface area contributed by atoms with Crippen molar-refractivity contribution in [3.63, 3.8) is 0 Å². The second-order valence-corrected chi connectivity index (χ2v) is 13.7. The SMILES string of the molecule is Cc1cc(C)cc(N(c2ccc(C#N)cc2)c2cc3c4ccccc4c(N(c4ccc(C#N)cc4)c4cc(C)cc(C)c4)cc3c3ccccc23)c1. The molecule has 0 fully saturated rings. The first kappa shape index (κ1) is 32.3. The van der Waals surface area contributed by atoms with Gasteiger partial charge >= 0.3 is 0 Å². The predicted molar refractivity (Wildman–Crippen MR) is 217 cm³/mol. The molecule has 8 aromatic rings. The molecule has 0 aromatic heterocycles. The molecule has 0 aliphatic carbocycles. The number of anilines is 6. The Morgan fingerprint density at radius 1 is 0.346 bits per heavy atom. The van der Waals surface area contributed by atoms with Crippen molar-refractivity contribution in [2.75, 3.05) is 9.80 Å². The highest BCUT2D eigenvalue weighted by Crippen LogP contribution is 2.48. The molecule has 8 aromatic carbocycles. The van der Waals surface area contributed by atoms with E-state index in [-0.39, 0.29) is 0 Å². The van der Waals surface area contributed by atoms with Gasteiger partial charge in [0, 0.05) is 33.5 Å². The standard InChI is InChI=1S/C48H36N4/c1-31-21-32(2)24-39(23-31)51(37-17-13-35(29-49)14-18-37)47-27-45-42-10-6-8-12-44(42)48(28-46(45)41-9-5-7-11-43(41)47)52(38-19-15-36(30-50)16-20-38)40-25-33(3)22-34(4)26-40/h5-28H,1-4H3. The van der Waals surface area contributed by atoms with Crippen LogP contribution in [0.4, 0.5) is 34.1 Å². The zero-order valence-electron chi connectivity index (χ0n) is 29.6. The van der Waals surface area contributed by atoms with E-state index in [1.807, 2.05) is 48.5 Å². The van der Waals surface area contributed by atoms with Crippen molar-refractivity contribution < 1.29 is 0 Å². The highest BCUT2D eigenvalue weighted by atomic mass is 15.2. The molecule has 248 valence electrons. The molecule has 0 radical (unpaired) electrons. The molecule has 0 aliphatic rings. The topological polar surface area (TPSA) is 54.1 Å². The van der Waals surface area contributed by atoms with Crippen LogP contribution >= 0.6 is 0 Å². The summed E-state index contributed by atoms with van der Waals surface area (Å²) in [6, 6.07) is 55.6. The average Bonchev–Trinajstić information content (AvgIpc) is 3.15. The Labute approximate surface area is 304 Å². The lowest BCUT2D eigenvalue weighted by Gasteiger charge is -2.30. The van der Waals surface area contributed by atoms with Crippen LogP contribution in [0.5, 0.6) is 0 Å². The molecule has 0 heterocycles. The molecule has 52 heavy (non-hydrogen) atoms. The largest absolute Gasteiger partial charge is 0.310 e. The summed E-state index contributed by atoms with van der Waals surface area (Å²) in [6.45, 7) is 8.54. The summed E-state index contributed by atoms with van der Waals surface area (Å²) in [5.74, 6) is 0. The fourth-order valence-corrected chi connectivity index (χ4v) is 7.67. The third-order valence-electron chi connectivity index (χ3n) is 9.76. The first-order valence-electron chi connectivity index (χ1n) is 17.5. The molecule has 0 bridgehead atoms. The lowest BCUT2D eigenvalue weighted by molar-refractivity contribution is 1.26. The van der Waals surface area contributed by atoms with Gasteiger partial charge in [0.1, 0.15) is 0 Å². The Balaban J connectivity index is 1.47. The summed E-state index contributed by atoms with van der Waals surface area (Å²) in [4.78, 5) is 4.65. The van der Waals surface area contributed by atoms with Gasteiger partial charge in [-0.2, -0.15) is 10.5 Å². The Bertz CT molecular complexity index is 2510. The molecular weight excluding hydrogens is 633 g/mol. The minimum Gasteiger partial charge on any atom is -0.310 e. The summed E-state index contributed by atoms with van der Waals surface area (Å²) < 4.78 is 0. The number of nitrogens with zero attached hydrogens (tertiary/aromatic N) is 4. The van der Waals surface area contributed by atoms with Gasteiger partial charge in [-0.3, -0.25) is 0 Å². The Morgan fingerprint density at radius 2 is 0.673 bits per heavy atom. The first-order chi connectivity index (χ1) is 25.3. The number of nitriles is 2. The van der Waals surface area contributed by atoms with Gasteiger partial charge in [-0.25, -0.2) is 0 Å². The number of fused-ring (bicyclic) bond motifs is 5. The molecule has 4 nitrogen and oxygen atoms in total. The van der Waals surface area contributed by atoms with Gasteiger partial charge in [-0.15, -0.1) is 0 Å². The van der Waals surface area contributed by atoms with Gasteiger partial charge in [0.2, 0.25) is 0 Å². The smallest absolute Gasteiger partial charge is 0.0991 e. The number of hydrogen-bond donors (Lipinski definition) is 0. The highest BCUT2D eigenvalue weighted by Gasteiger charge is 2.22.